The topological polar surface area (TPSA) is 20.2 Å². The van der Waals surface area contributed by atoms with Crippen LogP contribution in [0.2, 0.25) is 37.8 Å². The van der Waals surface area contributed by atoms with Gasteiger partial charge in [0, 0.05) is 8.07 Å². The normalized spacial score (nSPS) is 13.0. The average Bonchev–Trinajstić information content (AvgIpc) is 3.02. The summed E-state index contributed by atoms with van der Waals surface area (Å²) in [7, 11) is -2.51. The molecule has 0 unspecified atom stereocenters. The molecule has 2 rings (SSSR count). The van der Waals surface area contributed by atoms with Crippen molar-refractivity contribution in [1.29, 1.82) is 0 Å². The molecule has 1 aromatic rings. The van der Waals surface area contributed by atoms with Gasteiger partial charge in [-0.2, -0.15) is 6.08 Å². The zero-order valence-electron chi connectivity index (χ0n) is 19.1. The van der Waals surface area contributed by atoms with Crippen LogP contribution in [0.4, 0.5) is 0 Å². The molecule has 1 aliphatic rings. The van der Waals surface area contributed by atoms with E-state index in [0.29, 0.717) is 10.8 Å². The Balaban J connectivity index is -0.000000416. The summed E-state index contributed by atoms with van der Waals surface area (Å²) in [5.74, 6) is 0.398. The molecule has 0 bridgehead atoms. The Hall–Kier alpha value is 0.0981. The van der Waals surface area contributed by atoms with E-state index in [1.807, 2.05) is 19.1 Å². The standard InChI is InChI=1S/C13H22OSi.C8H13Si.CH2.2ClH.Ti/c1-10-7-11(14)9-12(8-10)15(5,6)13(2,3)4;1-9(2,3)8-6-4-5-7-8;;;;/h7-9,14H,1-6H3;4,6H,5H2,1-3H3;1H2;2*1H;/q;-1;;;;+1. The van der Waals surface area contributed by atoms with Crippen molar-refractivity contribution in [1.82, 2.24) is 0 Å². The first-order chi connectivity index (χ1) is 11.7. The van der Waals surface area contributed by atoms with E-state index >= 15 is 0 Å². The number of aryl methyl sites for hydroxylation is 1. The third kappa shape index (κ3) is 10.2. The van der Waals surface area contributed by atoms with E-state index in [2.05, 4.69) is 82.6 Å². The van der Waals surface area contributed by atoms with E-state index in [1.165, 1.54) is 10.4 Å². The maximum absolute atomic E-state index is 9.65. The summed E-state index contributed by atoms with van der Waals surface area (Å²) in [6, 6.07) is 5.97. The summed E-state index contributed by atoms with van der Waals surface area (Å²) < 4.78 is 0. The molecule has 0 radical (unpaired) electrons. The molecular weight excluding hydrogens is 455 g/mol. The second kappa shape index (κ2) is 13.4. The molecule has 0 aromatic heterocycles. The fourth-order valence-electron chi connectivity index (χ4n) is 2.48. The summed E-state index contributed by atoms with van der Waals surface area (Å²) in [4.78, 5) is 3.25. The van der Waals surface area contributed by atoms with Gasteiger partial charge < -0.3 is 5.11 Å². The van der Waals surface area contributed by atoms with E-state index < -0.39 is 16.1 Å². The third-order valence-electron chi connectivity index (χ3n) is 5.16. The van der Waals surface area contributed by atoms with Crippen LogP contribution in [0.25, 0.3) is 0 Å². The Morgan fingerprint density at radius 3 is 1.79 bits per heavy atom. The Labute approximate surface area is 199 Å². The van der Waals surface area contributed by atoms with Gasteiger partial charge in [0.25, 0.3) is 0 Å². The first-order valence-corrected chi connectivity index (χ1v) is 16.8. The Morgan fingerprint density at radius 1 is 1.00 bits per heavy atom. The summed E-state index contributed by atoms with van der Waals surface area (Å²) >= 11 is 1.75. The molecule has 1 N–H and O–H groups in total. The van der Waals surface area contributed by atoms with Crippen molar-refractivity contribution in [2.75, 3.05) is 0 Å². The molecule has 0 saturated heterocycles. The summed E-state index contributed by atoms with van der Waals surface area (Å²) in [5.41, 5.74) is 1.15. The fourth-order valence-corrected chi connectivity index (χ4v) is 5.69. The minimum absolute atomic E-state index is 0. The fraction of sp³-hybridized carbons (Fsp3) is 0.500. The number of benzene rings is 1. The molecule has 28 heavy (non-hydrogen) atoms. The average molecular weight is 494 g/mol. The SMILES string of the molecule is C[Si](C)(C)C1=[C-]CC=C1.Cc1cc(O)cc([Si](C)(C)C(C)(C)C)c1.Cl.Cl.[CH2]=[Ti+]. The van der Waals surface area contributed by atoms with Crippen molar-refractivity contribution in [2.24, 2.45) is 0 Å². The van der Waals surface area contributed by atoms with Crippen LogP contribution < -0.4 is 5.19 Å². The van der Waals surface area contributed by atoms with Gasteiger partial charge in [-0.1, -0.05) is 64.8 Å². The molecule has 0 amide bonds. The first-order valence-electron chi connectivity index (χ1n) is 9.19. The van der Waals surface area contributed by atoms with Gasteiger partial charge in [-0.05, 0) is 29.7 Å². The molecule has 0 atom stereocenters. The molecular formula is C22H39Cl2OSi2Ti. The quantitative estimate of drug-likeness (QED) is 0.355. The van der Waals surface area contributed by atoms with Gasteiger partial charge in [-0.25, -0.2) is 11.3 Å². The number of rotatable bonds is 2. The van der Waals surface area contributed by atoms with Gasteiger partial charge in [0.15, 0.2) is 0 Å². The van der Waals surface area contributed by atoms with Crippen LogP contribution in [-0.2, 0) is 20.0 Å². The van der Waals surface area contributed by atoms with Gasteiger partial charge in [0.2, 0.25) is 0 Å². The molecule has 1 aliphatic carbocycles. The van der Waals surface area contributed by atoms with E-state index in [9.17, 15) is 5.11 Å². The predicted octanol–water partition coefficient (Wildman–Crippen LogP) is 6.78. The Bertz CT molecular complexity index is 637. The van der Waals surface area contributed by atoms with Crippen LogP contribution in [0.3, 0.4) is 0 Å². The number of allylic oxidation sites excluding steroid dienone is 4. The van der Waals surface area contributed by atoms with Crippen molar-refractivity contribution < 1.29 is 25.1 Å². The van der Waals surface area contributed by atoms with Crippen LogP contribution in [0, 0.1) is 13.0 Å². The summed E-state index contributed by atoms with van der Waals surface area (Å²) in [6.45, 7) is 20.7. The van der Waals surface area contributed by atoms with E-state index in [-0.39, 0.29) is 24.8 Å². The van der Waals surface area contributed by atoms with Crippen molar-refractivity contribution in [2.45, 2.75) is 71.9 Å². The molecule has 0 aliphatic heterocycles. The number of hydrogen-bond acceptors (Lipinski definition) is 1. The van der Waals surface area contributed by atoms with Crippen LogP contribution in [0.1, 0.15) is 32.8 Å². The number of aromatic hydroxyl groups is 1. The number of halogens is 2. The molecule has 1 nitrogen and oxygen atoms in total. The predicted molar refractivity (Wildman–Crippen MR) is 135 cm³/mol. The number of phenolic OH excluding ortho intramolecular Hbond substituents is 1. The second-order valence-corrected chi connectivity index (χ2v) is 19.7. The molecule has 6 heteroatoms. The Kier molecular flexibility index (Phi) is 15.7. The van der Waals surface area contributed by atoms with Crippen LogP contribution in [-0.4, -0.2) is 26.1 Å². The van der Waals surface area contributed by atoms with Crippen molar-refractivity contribution in [3.8, 4) is 5.75 Å². The molecule has 0 spiro atoms. The second-order valence-electron chi connectivity index (χ2n) is 9.38. The molecule has 1 aromatic carbocycles. The molecule has 0 heterocycles. The van der Waals surface area contributed by atoms with Gasteiger partial charge >= 0.3 is 24.8 Å². The van der Waals surface area contributed by atoms with Gasteiger partial charge in [0.05, 0.1) is 8.07 Å². The van der Waals surface area contributed by atoms with Crippen molar-refractivity contribution in [3.63, 3.8) is 0 Å². The first kappa shape index (κ1) is 32.8. The summed E-state index contributed by atoms with van der Waals surface area (Å²) in [6.07, 6.45) is 8.82. The van der Waals surface area contributed by atoms with Crippen LogP contribution >= 0.6 is 24.8 Å². The van der Waals surface area contributed by atoms with Crippen molar-refractivity contribution >= 4 is 51.0 Å². The molecule has 159 valence electrons. The third-order valence-corrected chi connectivity index (χ3v) is 12.6. The van der Waals surface area contributed by atoms with Gasteiger partial charge in [-0.3, -0.25) is 6.08 Å². The molecule has 0 fully saturated rings. The molecule has 0 saturated carbocycles. The maximum atomic E-state index is 9.65. The van der Waals surface area contributed by atoms with Gasteiger partial charge in [0.1, 0.15) is 5.75 Å². The van der Waals surface area contributed by atoms with Gasteiger partial charge in [-0.15, -0.1) is 31.2 Å². The van der Waals surface area contributed by atoms with E-state index in [1.54, 1.807) is 20.0 Å². The zero-order valence-corrected chi connectivity index (χ0v) is 24.3. The zero-order chi connectivity index (χ0) is 20.8. The van der Waals surface area contributed by atoms with E-state index in [4.69, 9.17) is 0 Å². The number of phenols is 1. The van der Waals surface area contributed by atoms with Crippen LogP contribution in [0.15, 0.2) is 35.5 Å². The monoisotopic (exact) mass is 493 g/mol. The number of hydrogen-bond donors (Lipinski definition) is 1. The summed E-state index contributed by atoms with van der Waals surface area (Å²) in [5, 5.41) is 12.8. The van der Waals surface area contributed by atoms with Crippen LogP contribution in [0.5, 0.6) is 5.75 Å². The van der Waals surface area contributed by atoms with E-state index in [0.717, 1.165) is 12.0 Å². The minimum atomic E-state index is -1.50. The van der Waals surface area contributed by atoms with Crippen molar-refractivity contribution in [3.05, 3.63) is 47.2 Å². The Morgan fingerprint density at radius 2 is 1.50 bits per heavy atom.